The van der Waals surface area contributed by atoms with Crippen LogP contribution in [-0.4, -0.2) is 35.4 Å². The number of nitrogens with one attached hydrogen (secondary N) is 1. The van der Waals surface area contributed by atoms with Gasteiger partial charge in [-0.25, -0.2) is 0 Å². The molecule has 1 N–H and O–H groups in total. The number of rotatable bonds is 2. The zero-order valence-electron chi connectivity index (χ0n) is 11.5. The summed E-state index contributed by atoms with van der Waals surface area (Å²) < 4.78 is 0.918. The number of piperazine rings is 1. The van der Waals surface area contributed by atoms with Crippen molar-refractivity contribution in [3.63, 3.8) is 0 Å². The molecule has 1 fully saturated rings. The van der Waals surface area contributed by atoms with Gasteiger partial charge in [0.15, 0.2) is 0 Å². The molecule has 1 atom stereocenters. The van der Waals surface area contributed by atoms with Crippen molar-refractivity contribution in [2.45, 2.75) is 6.04 Å². The topological polar surface area (TPSA) is 45.2 Å². The predicted octanol–water partition coefficient (Wildman–Crippen LogP) is 2.63. The molecule has 0 spiro atoms. The number of carbonyl (C=O) groups excluding carboxylic acids is 1. The van der Waals surface area contributed by atoms with Crippen LogP contribution in [-0.2, 0) is 0 Å². The van der Waals surface area contributed by atoms with Crippen molar-refractivity contribution >= 4 is 21.8 Å². The van der Waals surface area contributed by atoms with Crippen molar-refractivity contribution in [3.05, 3.63) is 64.4 Å². The Morgan fingerprint density at radius 2 is 2.24 bits per heavy atom. The molecule has 1 saturated heterocycles. The molecule has 1 aliphatic rings. The van der Waals surface area contributed by atoms with Gasteiger partial charge in [-0.15, -0.1) is 0 Å². The highest BCUT2D eigenvalue weighted by Crippen LogP contribution is 2.24. The van der Waals surface area contributed by atoms with Gasteiger partial charge in [-0.2, -0.15) is 0 Å². The second kappa shape index (κ2) is 6.37. The first kappa shape index (κ1) is 14.2. The molecule has 0 radical (unpaired) electrons. The van der Waals surface area contributed by atoms with Crippen LogP contribution in [0.25, 0.3) is 0 Å². The van der Waals surface area contributed by atoms with Gasteiger partial charge in [0.1, 0.15) is 0 Å². The summed E-state index contributed by atoms with van der Waals surface area (Å²) in [7, 11) is 0. The summed E-state index contributed by atoms with van der Waals surface area (Å²) >= 11 is 3.42. The van der Waals surface area contributed by atoms with Gasteiger partial charge in [-0.05, 0) is 29.8 Å². The molecule has 1 aromatic carbocycles. The van der Waals surface area contributed by atoms with Crippen LogP contribution in [0.5, 0.6) is 0 Å². The fraction of sp³-hybridized carbons (Fsp3) is 0.250. The van der Waals surface area contributed by atoms with E-state index < -0.39 is 0 Å². The number of carbonyl (C=O) groups is 1. The first-order valence-corrected chi connectivity index (χ1v) is 7.72. The van der Waals surface area contributed by atoms with E-state index in [0.29, 0.717) is 12.1 Å². The molecule has 1 aromatic heterocycles. The number of nitrogens with zero attached hydrogens (tertiary/aromatic N) is 2. The van der Waals surface area contributed by atoms with E-state index in [2.05, 4.69) is 26.2 Å². The molecular weight excluding hydrogens is 330 g/mol. The molecule has 2 aromatic rings. The molecule has 0 saturated carbocycles. The second-order valence-electron chi connectivity index (χ2n) is 5.02. The number of benzene rings is 1. The maximum Gasteiger partial charge on any atom is 0.254 e. The lowest BCUT2D eigenvalue weighted by Crippen LogP contribution is -2.48. The van der Waals surface area contributed by atoms with Gasteiger partial charge < -0.3 is 10.2 Å². The second-order valence-corrected chi connectivity index (χ2v) is 5.93. The molecule has 5 heteroatoms. The van der Waals surface area contributed by atoms with Crippen LogP contribution >= 0.6 is 15.9 Å². The normalized spacial score (nSPS) is 18.5. The third-order valence-corrected chi connectivity index (χ3v) is 4.14. The number of amides is 1. The smallest absolute Gasteiger partial charge is 0.254 e. The van der Waals surface area contributed by atoms with Gasteiger partial charge in [-0.1, -0.05) is 28.1 Å². The summed E-state index contributed by atoms with van der Waals surface area (Å²) in [6.07, 6.45) is 3.58. The summed E-state index contributed by atoms with van der Waals surface area (Å²) in [6, 6.07) is 11.5. The molecule has 0 bridgehead atoms. The van der Waals surface area contributed by atoms with Gasteiger partial charge in [0.25, 0.3) is 5.91 Å². The average Bonchev–Trinajstić information content (AvgIpc) is 2.55. The molecule has 4 nitrogen and oxygen atoms in total. The van der Waals surface area contributed by atoms with Crippen molar-refractivity contribution in [1.82, 2.24) is 15.2 Å². The van der Waals surface area contributed by atoms with Gasteiger partial charge >= 0.3 is 0 Å². The highest BCUT2D eigenvalue weighted by molar-refractivity contribution is 9.10. The summed E-state index contributed by atoms with van der Waals surface area (Å²) in [5.74, 6) is 0.0617. The summed E-state index contributed by atoms with van der Waals surface area (Å²) in [5, 5.41) is 3.35. The summed E-state index contributed by atoms with van der Waals surface area (Å²) in [4.78, 5) is 18.9. The maximum atomic E-state index is 12.8. The van der Waals surface area contributed by atoms with Gasteiger partial charge in [0, 0.05) is 42.1 Å². The van der Waals surface area contributed by atoms with Crippen molar-refractivity contribution in [3.8, 4) is 0 Å². The van der Waals surface area contributed by atoms with E-state index in [9.17, 15) is 4.79 Å². The van der Waals surface area contributed by atoms with Crippen molar-refractivity contribution < 1.29 is 4.79 Å². The van der Waals surface area contributed by atoms with Crippen LogP contribution in [0.15, 0.2) is 53.3 Å². The van der Waals surface area contributed by atoms with Crippen LogP contribution in [0.4, 0.5) is 0 Å². The van der Waals surface area contributed by atoms with Crippen molar-refractivity contribution in [2.75, 3.05) is 19.6 Å². The molecule has 2 heterocycles. The number of aromatic nitrogens is 1. The van der Waals surface area contributed by atoms with E-state index in [1.807, 2.05) is 47.5 Å². The quantitative estimate of drug-likeness (QED) is 0.909. The van der Waals surface area contributed by atoms with Crippen LogP contribution in [0.2, 0.25) is 0 Å². The lowest BCUT2D eigenvalue weighted by Gasteiger charge is -2.36. The Morgan fingerprint density at radius 3 is 3.00 bits per heavy atom. The Bertz CT molecular complexity index is 632. The van der Waals surface area contributed by atoms with Crippen molar-refractivity contribution in [2.24, 2.45) is 0 Å². The molecule has 0 aliphatic carbocycles. The number of halogens is 1. The SMILES string of the molecule is O=C(c1cccc(Br)c1)N1CCNCC1c1cccnc1. The monoisotopic (exact) mass is 345 g/mol. The van der Waals surface area contributed by atoms with E-state index in [1.165, 1.54) is 0 Å². The van der Waals surface area contributed by atoms with E-state index in [0.717, 1.165) is 23.1 Å². The third-order valence-electron chi connectivity index (χ3n) is 3.65. The molecule has 108 valence electrons. The van der Waals surface area contributed by atoms with E-state index in [4.69, 9.17) is 0 Å². The van der Waals surface area contributed by atoms with Crippen LogP contribution < -0.4 is 5.32 Å². The summed E-state index contributed by atoms with van der Waals surface area (Å²) in [6.45, 7) is 2.27. The first-order valence-electron chi connectivity index (χ1n) is 6.93. The minimum Gasteiger partial charge on any atom is -0.329 e. The number of pyridine rings is 1. The van der Waals surface area contributed by atoms with Crippen molar-refractivity contribution in [1.29, 1.82) is 0 Å². The zero-order valence-corrected chi connectivity index (χ0v) is 13.1. The fourth-order valence-corrected chi connectivity index (χ4v) is 3.00. The lowest BCUT2D eigenvalue weighted by atomic mass is 10.0. The molecule has 1 unspecified atom stereocenters. The van der Waals surface area contributed by atoms with Crippen LogP contribution in [0, 0.1) is 0 Å². The number of hydrogen-bond acceptors (Lipinski definition) is 3. The Kier molecular flexibility index (Phi) is 4.31. The fourth-order valence-electron chi connectivity index (χ4n) is 2.61. The minimum absolute atomic E-state index is 0.0268. The van der Waals surface area contributed by atoms with E-state index in [-0.39, 0.29) is 11.9 Å². The number of hydrogen-bond donors (Lipinski definition) is 1. The Labute approximate surface area is 132 Å². The maximum absolute atomic E-state index is 12.8. The molecule has 21 heavy (non-hydrogen) atoms. The Hall–Kier alpha value is -1.72. The largest absolute Gasteiger partial charge is 0.329 e. The highest BCUT2D eigenvalue weighted by Gasteiger charge is 2.28. The lowest BCUT2D eigenvalue weighted by molar-refractivity contribution is 0.0634. The van der Waals surface area contributed by atoms with Crippen LogP contribution in [0.3, 0.4) is 0 Å². The van der Waals surface area contributed by atoms with Gasteiger partial charge in [-0.3, -0.25) is 9.78 Å². The van der Waals surface area contributed by atoms with Gasteiger partial charge in [0.05, 0.1) is 6.04 Å². The highest BCUT2D eigenvalue weighted by atomic mass is 79.9. The Morgan fingerprint density at radius 1 is 1.33 bits per heavy atom. The molecular formula is C16H16BrN3O. The third kappa shape index (κ3) is 3.14. The summed E-state index contributed by atoms with van der Waals surface area (Å²) in [5.41, 5.74) is 1.77. The average molecular weight is 346 g/mol. The molecule has 1 aliphatic heterocycles. The van der Waals surface area contributed by atoms with Gasteiger partial charge in [0.2, 0.25) is 0 Å². The van der Waals surface area contributed by atoms with E-state index >= 15 is 0 Å². The minimum atomic E-state index is 0.0268. The predicted molar refractivity (Wildman–Crippen MR) is 85.0 cm³/mol. The standard InChI is InChI=1S/C16H16BrN3O/c17-14-5-1-3-12(9-14)16(21)20-8-7-19-11-15(20)13-4-2-6-18-10-13/h1-6,9-10,15,19H,7-8,11H2. The molecule has 3 rings (SSSR count). The van der Waals surface area contributed by atoms with Crippen LogP contribution in [0.1, 0.15) is 22.0 Å². The molecule has 1 amide bonds. The van der Waals surface area contributed by atoms with E-state index in [1.54, 1.807) is 6.20 Å². The first-order chi connectivity index (χ1) is 10.3. The zero-order chi connectivity index (χ0) is 14.7. The Balaban J connectivity index is 1.89.